The van der Waals surface area contributed by atoms with Gasteiger partial charge in [-0.05, 0) is 5.18 Å². The molecule has 0 aliphatic heterocycles. The van der Waals surface area contributed by atoms with Crippen LogP contribution in [0.1, 0.15) is 0 Å². The summed E-state index contributed by atoms with van der Waals surface area (Å²) in [5.74, 6) is 0.162. The third kappa shape index (κ3) is 1.46. The zero-order valence-corrected chi connectivity index (χ0v) is 3.56. The van der Waals surface area contributed by atoms with E-state index in [0.29, 0.717) is 0 Å². The summed E-state index contributed by atoms with van der Waals surface area (Å²) in [7, 11) is 1.59. The van der Waals surface area contributed by atoms with Crippen LogP contribution in [0.5, 0.6) is 0 Å². The van der Waals surface area contributed by atoms with E-state index in [4.69, 9.17) is 0 Å². The summed E-state index contributed by atoms with van der Waals surface area (Å²) >= 11 is 0. The van der Waals surface area contributed by atoms with Crippen LogP contribution < -0.4 is 5.32 Å². The number of hydrogen-bond donors (Lipinski definition) is 1. The first kappa shape index (κ1) is 5.14. The van der Waals surface area contributed by atoms with Gasteiger partial charge in [0.05, 0.1) is 0 Å². The van der Waals surface area contributed by atoms with Crippen LogP contribution in [0, 0.1) is 4.91 Å². The Kier molecular flexibility index (Phi) is 2.04. The molecule has 0 atom stereocenters. The summed E-state index contributed by atoms with van der Waals surface area (Å²) in [6, 6.07) is 0. The molecular formula is C3H6N2O. The van der Waals surface area contributed by atoms with Crippen LogP contribution in [0.3, 0.4) is 0 Å². The fourth-order valence-electron chi connectivity index (χ4n) is 0.0456. The third-order valence-electron chi connectivity index (χ3n) is 0.399. The van der Waals surface area contributed by atoms with E-state index < -0.39 is 0 Å². The fourth-order valence-corrected chi connectivity index (χ4v) is 0.0456. The van der Waals surface area contributed by atoms with Gasteiger partial charge in [-0.3, -0.25) is 0 Å². The second-order valence-corrected chi connectivity index (χ2v) is 0.788. The number of nitroso groups, excluding NO2 is 1. The highest BCUT2D eigenvalue weighted by Gasteiger charge is 1.75. The van der Waals surface area contributed by atoms with Crippen molar-refractivity contribution in [2.24, 2.45) is 5.18 Å². The maximum absolute atomic E-state index is 9.32. The first-order valence-electron chi connectivity index (χ1n) is 1.51. The van der Waals surface area contributed by atoms with Crippen LogP contribution in [-0.2, 0) is 0 Å². The van der Waals surface area contributed by atoms with E-state index in [1.54, 1.807) is 7.05 Å². The van der Waals surface area contributed by atoms with Gasteiger partial charge in [-0.1, -0.05) is 6.58 Å². The molecule has 0 rings (SSSR count). The van der Waals surface area contributed by atoms with Gasteiger partial charge in [0.1, 0.15) is 0 Å². The van der Waals surface area contributed by atoms with E-state index in [1.807, 2.05) is 0 Å². The number of nitrogens with one attached hydrogen (secondary N) is 1. The van der Waals surface area contributed by atoms with Crippen molar-refractivity contribution in [1.29, 1.82) is 0 Å². The van der Waals surface area contributed by atoms with Crippen molar-refractivity contribution in [2.45, 2.75) is 0 Å². The Balaban J connectivity index is 3.23. The van der Waals surface area contributed by atoms with Gasteiger partial charge in [0.15, 0.2) is 5.82 Å². The largest absolute Gasteiger partial charge is 0.371 e. The van der Waals surface area contributed by atoms with Crippen molar-refractivity contribution in [1.82, 2.24) is 5.32 Å². The van der Waals surface area contributed by atoms with Crippen molar-refractivity contribution in [2.75, 3.05) is 7.05 Å². The average Bonchev–Trinajstić information content (AvgIpc) is 1.65. The topological polar surface area (TPSA) is 41.5 Å². The molecule has 0 saturated heterocycles. The molecule has 6 heavy (non-hydrogen) atoms. The SMILES string of the molecule is C=C(N=O)NC. The van der Waals surface area contributed by atoms with Crippen molar-refractivity contribution >= 4 is 0 Å². The van der Waals surface area contributed by atoms with Crippen molar-refractivity contribution < 1.29 is 0 Å². The monoisotopic (exact) mass is 86.0 g/mol. The first-order chi connectivity index (χ1) is 2.81. The molecule has 0 aromatic heterocycles. The first-order valence-corrected chi connectivity index (χ1v) is 1.51. The normalized spacial score (nSPS) is 6.83. The molecule has 0 radical (unpaired) electrons. The molecule has 1 N–H and O–H groups in total. The number of nitrogens with zero attached hydrogens (tertiary/aromatic N) is 1. The second-order valence-electron chi connectivity index (χ2n) is 0.788. The van der Waals surface area contributed by atoms with E-state index in [1.165, 1.54) is 0 Å². The lowest BCUT2D eigenvalue weighted by atomic mass is 10.8. The van der Waals surface area contributed by atoms with Gasteiger partial charge >= 0.3 is 0 Å². The van der Waals surface area contributed by atoms with Crippen molar-refractivity contribution in [3.63, 3.8) is 0 Å². The van der Waals surface area contributed by atoms with E-state index in [-0.39, 0.29) is 5.82 Å². The van der Waals surface area contributed by atoms with E-state index in [0.717, 1.165) is 0 Å². The van der Waals surface area contributed by atoms with Crippen molar-refractivity contribution in [3.8, 4) is 0 Å². The third-order valence-corrected chi connectivity index (χ3v) is 0.399. The minimum absolute atomic E-state index is 0.162. The minimum Gasteiger partial charge on any atom is -0.371 e. The van der Waals surface area contributed by atoms with Crippen LogP contribution in [-0.4, -0.2) is 7.05 Å². The lowest BCUT2D eigenvalue weighted by Crippen LogP contribution is -1.99. The summed E-state index contributed by atoms with van der Waals surface area (Å²) in [6.45, 7) is 3.20. The standard InChI is InChI=1S/C3H6N2O/c1-3(4-2)5-6/h4H,1H2,2H3. The molecule has 3 nitrogen and oxygen atoms in total. The van der Waals surface area contributed by atoms with Crippen LogP contribution in [0.4, 0.5) is 0 Å². The quantitative estimate of drug-likeness (QED) is 0.495. The zero-order valence-electron chi connectivity index (χ0n) is 3.56. The van der Waals surface area contributed by atoms with Gasteiger partial charge in [0, 0.05) is 7.05 Å². The lowest BCUT2D eigenvalue weighted by molar-refractivity contribution is 0.968. The molecule has 34 valence electrons. The van der Waals surface area contributed by atoms with Crippen LogP contribution in [0.2, 0.25) is 0 Å². The molecule has 0 amide bonds. The molecule has 0 saturated carbocycles. The molecule has 0 heterocycles. The molecular weight excluding hydrogens is 80.0 g/mol. The Labute approximate surface area is 36.0 Å². The highest BCUT2D eigenvalue weighted by Crippen LogP contribution is 1.76. The Bertz CT molecular complexity index is 69.2. The van der Waals surface area contributed by atoms with Gasteiger partial charge in [-0.15, -0.1) is 4.91 Å². The van der Waals surface area contributed by atoms with Gasteiger partial charge < -0.3 is 5.32 Å². The van der Waals surface area contributed by atoms with E-state index >= 15 is 0 Å². The van der Waals surface area contributed by atoms with Gasteiger partial charge in [-0.25, -0.2) is 0 Å². The second kappa shape index (κ2) is 2.38. The maximum atomic E-state index is 9.32. The summed E-state index contributed by atoms with van der Waals surface area (Å²) in [5.41, 5.74) is 0. The molecule has 0 aliphatic rings. The van der Waals surface area contributed by atoms with Gasteiger partial charge in [0.25, 0.3) is 0 Å². The molecule has 0 bridgehead atoms. The van der Waals surface area contributed by atoms with Gasteiger partial charge in [0.2, 0.25) is 0 Å². The summed E-state index contributed by atoms with van der Waals surface area (Å²) < 4.78 is 0. The predicted octanol–water partition coefficient (Wildman–Crippen LogP) is 0.443. The van der Waals surface area contributed by atoms with Gasteiger partial charge in [-0.2, -0.15) is 0 Å². The minimum atomic E-state index is 0.162. The maximum Gasteiger partial charge on any atom is 0.163 e. The average molecular weight is 86.1 g/mol. The predicted molar refractivity (Wildman–Crippen MR) is 24.0 cm³/mol. The van der Waals surface area contributed by atoms with E-state index in [9.17, 15) is 4.91 Å². The summed E-state index contributed by atoms with van der Waals surface area (Å²) in [6.07, 6.45) is 0. The Morgan fingerprint density at radius 1 is 2.00 bits per heavy atom. The van der Waals surface area contributed by atoms with Crippen LogP contribution in [0.15, 0.2) is 17.6 Å². The summed E-state index contributed by atoms with van der Waals surface area (Å²) in [4.78, 5) is 9.32. The molecule has 0 unspecified atom stereocenters. The Hall–Kier alpha value is -0.860. The summed E-state index contributed by atoms with van der Waals surface area (Å²) in [5, 5.41) is 4.89. The molecule has 0 aliphatic carbocycles. The number of hydrogen-bond acceptors (Lipinski definition) is 3. The molecule has 0 spiro atoms. The highest BCUT2D eigenvalue weighted by atomic mass is 16.3. The highest BCUT2D eigenvalue weighted by molar-refractivity contribution is 4.84. The molecule has 0 aromatic carbocycles. The Morgan fingerprint density at radius 2 is 2.50 bits per heavy atom. The molecule has 0 aromatic rings. The zero-order chi connectivity index (χ0) is 4.99. The van der Waals surface area contributed by atoms with Crippen LogP contribution in [0.25, 0.3) is 0 Å². The Morgan fingerprint density at radius 3 is 2.50 bits per heavy atom. The fraction of sp³-hybridized carbons (Fsp3) is 0.333. The van der Waals surface area contributed by atoms with Crippen LogP contribution >= 0.6 is 0 Å². The lowest BCUT2D eigenvalue weighted by Gasteiger charge is -1.84. The van der Waals surface area contributed by atoms with Crippen molar-refractivity contribution in [3.05, 3.63) is 17.3 Å². The molecule has 3 heteroatoms. The smallest absolute Gasteiger partial charge is 0.163 e. The molecule has 0 fully saturated rings. The van der Waals surface area contributed by atoms with E-state index in [2.05, 4.69) is 17.1 Å². The number of rotatable bonds is 2.